The minimum atomic E-state index is -1.15. The predicted octanol–water partition coefficient (Wildman–Crippen LogP) is -0.356. The lowest BCUT2D eigenvalue weighted by atomic mass is 9.85. The van der Waals surface area contributed by atoms with E-state index in [4.69, 9.17) is 4.74 Å². The molecule has 8 nitrogen and oxygen atoms in total. The summed E-state index contributed by atoms with van der Waals surface area (Å²) in [6.07, 6.45) is 0.696. The molecule has 2 atom stereocenters. The van der Waals surface area contributed by atoms with Gasteiger partial charge in [0.15, 0.2) is 0 Å². The van der Waals surface area contributed by atoms with Crippen molar-refractivity contribution in [2.75, 3.05) is 33.4 Å². The molecule has 21 heavy (non-hydrogen) atoms. The van der Waals surface area contributed by atoms with Crippen molar-refractivity contribution in [3.8, 4) is 0 Å². The molecule has 1 saturated heterocycles. The highest BCUT2D eigenvalue weighted by atomic mass is 16.5. The number of carboxylic acids is 1. The van der Waals surface area contributed by atoms with Crippen molar-refractivity contribution >= 4 is 17.9 Å². The molecular weight excluding hydrogens is 278 g/mol. The number of hydrogen-bond donors (Lipinski definition) is 3. The zero-order chi connectivity index (χ0) is 16.0. The summed E-state index contributed by atoms with van der Waals surface area (Å²) in [5, 5.41) is 14.4. The first-order valence-corrected chi connectivity index (χ1v) is 6.92. The van der Waals surface area contributed by atoms with Crippen molar-refractivity contribution in [1.82, 2.24) is 15.5 Å². The van der Waals surface area contributed by atoms with Gasteiger partial charge in [0.05, 0.1) is 19.3 Å². The third kappa shape index (κ3) is 4.07. The van der Waals surface area contributed by atoms with Crippen LogP contribution in [-0.2, 0) is 14.3 Å². The molecule has 1 rings (SSSR count). The van der Waals surface area contributed by atoms with E-state index in [2.05, 4.69) is 10.6 Å². The topological polar surface area (TPSA) is 108 Å². The maximum Gasteiger partial charge on any atom is 0.318 e. The maximum atomic E-state index is 12.2. The Morgan fingerprint density at radius 1 is 1.43 bits per heavy atom. The van der Waals surface area contributed by atoms with Gasteiger partial charge in [-0.05, 0) is 13.3 Å². The summed E-state index contributed by atoms with van der Waals surface area (Å²) in [5.74, 6) is -1.29. The molecule has 0 aromatic heterocycles. The lowest BCUT2D eigenvalue weighted by molar-refractivity contribution is -0.148. The summed E-state index contributed by atoms with van der Waals surface area (Å²) in [6.45, 7) is 3.98. The molecule has 1 aliphatic rings. The Morgan fingerprint density at radius 3 is 2.62 bits per heavy atom. The van der Waals surface area contributed by atoms with Crippen molar-refractivity contribution in [3.05, 3.63) is 0 Å². The number of rotatable bonds is 6. The number of nitrogens with one attached hydrogen (secondary N) is 2. The molecule has 1 aliphatic heterocycles. The fraction of sp³-hybridized carbons (Fsp3) is 0.769. The second kappa shape index (κ2) is 7.26. The van der Waals surface area contributed by atoms with Gasteiger partial charge in [0.25, 0.3) is 0 Å². The normalized spacial score (nSPS) is 24.4. The molecule has 0 saturated carbocycles. The third-order valence-electron chi connectivity index (χ3n) is 3.64. The highest BCUT2D eigenvalue weighted by Gasteiger charge is 2.47. The number of carbonyl (C=O) groups is 3. The molecule has 3 amide bonds. The van der Waals surface area contributed by atoms with Gasteiger partial charge in [-0.3, -0.25) is 9.59 Å². The fourth-order valence-corrected chi connectivity index (χ4v) is 2.10. The van der Waals surface area contributed by atoms with Gasteiger partial charge in [0.2, 0.25) is 5.91 Å². The molecule has 0 aromatic rings. The highest BCUT2D eigenvalue weighted by Crippen LogP contribution is 2.28. The van der Waals surface area contributed by atoms with Gasteiger partial charge < -0.3 is 25.4 Å². The zero-order valence-electron chi connectivity index (χ0n) is 12.6. The van der Waals surface area contributed by atoms with E-state index in [1.807, 2.05) is 6.92 Å². The Bertz CT molecular complexity index is 415. The second-order valence-corrected chi connectivity index (χ2v) is 5.33. The summed E-state index contributed by atoms with van der Waals surface area (Å²) in [7, 11) is 1.50. The lowest BCUT2D eigenvalue weighted by Gasteiger charge is -2.29. The molecule has 0 aliphatic carbocycles. The van der Waals surface area contributed by atoms with Crippen LogP contribution in [0.4, 0.5) is 4.79 Å². The summed E-state index contributed by atoms with van der Waals surface area (Å²) in [6, 6.07) is -1.07. The van der Waals surface area contributed by atoms with Crippen LogP contribution >= 0.6 is 0 Å². The van der Waals surface area contributed by atoms with Crippen molar-refractivity contribution in [1.29, 1.82) is 0 Å². The number of carbonyl (C=O) groups excluding carboxylic acids is 2. The first kappa shape index (κ1) is 17.2. The molecule has 0 bridgehead atoms. The van der Waals surface area contributed by atoms with E-state index < -0.39 is 23.5 Å². The van der Waals surface area contributed by atoms with Gasteiger partial charge in [0, 0.05) is 13.6 Å². The molecule has 8 heteroatoms. The minimum Gasteiger partial charge on any atom is -0.481 e. The van der Waals surface area contributed by atoms with Crippen LogP contribution in [0.2, 0.25) is 0 Å². The first-order valence-electron chi connectivity index (χ1n) is 6.92. The molecule has 3 N–H and O–H groups in total. The average Bonchev–Trinajstić information content (AvgIpc) is 2.80. The van der Waals surface area contributed by atoms with Crippen LogP contribution in [0.15, 0.2) is 0 Å². The SMILES string of the molecule is CCCN(CC(=O)NC)C(=O)NC1COCC1(C)C(=O)O. The monoisotopic (exact) mass is 301 g/mol. The Balaban J connectivity index is 2.72. The quantitative estimate of drug-likeness (QED) is 0.621. The standard InChI is InChI=1S/C13H23N3O5/c1-4-5-16(6-10(17)14-3)12(20)15-9-7-21-8-13(9,2)11(18)19/h9H,4-8H2,1-3H3,(H,14,17)(H,15,20)(H,18,19). The number of aliphatic carboxylic acids is 1. The van der Waals surface area contributed by atoms with E-state index in [9.17, 15) is 19.5 Å². The summed E-state index contributed by atoms with van der Waals surface area (Å²) >= 11 is 0. The van der Waals surface area contributed by atoms with Crippen molar-refractivity contribution < 1.29 is 24.2 Å². The Morgan fingerprint density at radius 2 is 2.10 bits per heavy atom. The van der Waals surface area contributed by atoms with Crippen LogP contribution in [0, 0.1) is 5.41 Å². The number of hydrogen-bond acceptors (Lipinski definition) is 4. The van der Waals surface area contributed by atoms with Gasteiger partial charge in [-0.1, -0.05) is 6.92 Å². The van der Waals surface area contributed by atoms with Crippen LogP contribution < -0.4 is 10.6 Å². The molecule has 1 heterocycles. The van der Waals surface area contributed by atoms with E-state index >= 15 is 0 Å². The number of amides is 3. The number of likely N-dealkylation sites (N-methyl/N-ethyl adjacent to an activating group) is 1. The molecular formula is C13H23N3O5. The van der Waals surface area contributed by atoms with E-state index in [-0.39, 0.29) is 25.7 Å². The lowest BCUT2D eigenvalue weighted by Crippen LogP contribution is -2.54. The minimum absolute atomic E-state index is 0.0521. The number of urea groups is 1. The van der Waals surface area contributed by atoms with Gasteiger partial charge in [-0.25, -0.2) is 4.79 Å². The van der Waals surface area contributed by atoms with E-state index in [0.717, 1.165) is 0 Å². The first-order chi connectivity index (χ1) is 9.85. The largest absolute Gasteiger partial charge is 0.481 e. The van der Waals surface area contributed by atoms with E-state index in [0.29, 0.717) is 13.0 Å². The van der Waals surface area contributed by atoms with Crippen LogP contribution in [0.3, 0.4) is 0 Å². The Hall–Kier alpha value is -1.83. The van der Waals surface area contributed by atoms with Crippen LogP contribution in [-0.4, -0.2) is 67.3 Å². The van der Waals surface area contributed by atoms with E-state index in [1.54, 1.807) is 0 Å². The third-order valence-corrected chi connectivity index (χ3v) is 3.64. The smallest absolute Gasteiger partial charge is 0.318 e. The molecule has 1 fully saturated rings. The van der Waals surface area contributed by atoms with Crippen molar-refractivity contribution in [3.63, 3.8) is 0 Å². The molecule has 0 spiro atoms. The number of nitrogens with zero attached hydrogens (tertiary/aromatic N) is 1. The van der Waals surface area contributed by atoms with Gasteiger partial charge in [-0.2, -0.15) is 0 Å². The van der Waals surface area contributed by atoms with Crippen LogP contribution in [0.25, 0.3) is 0 Å². The number of ether oxygens (including phenoxy) is 1. The highest BCUT2D eigenvalue weighted by molar-refractivity contribution is 5.84. The molecule has 0 radical (unpaired) electrons. The van der Waals surface area contributed by atoms with Crippen molar-refractivity contribution in [2.24, 2.45) is 5.41 Å². The van der Waals surface area contributed by atoms with Gasteiger partial charge in [-0.15, -0.1) is 0 Å². The summed E-state index contributed by atoms with van der Waals surface area (Å²) in [5.41, 5.74) is -1.15. The Labute approximate surface area is 123 Å². The summed E-state index contributed by atoms with van der Waals surface area (Å²) in [4.78, 5) is 36.3. The molecule has 0 aromatic carbocycles. The van der Waals surface area contributed by atoms with Gasteiger partial charge in [0.1, 0.15) is 12.0 Å². The molecule has 2 unspecified atom stereocenters. The van der Waals surface area contributed by atoms with Crippen LogP contribution in [0.5, 0.6) is 0 Å². The number of carboxylic acid groups (broad SMARTS) is 1. The second-order valence-electron chi connectivity index (χ2n) is 5.33. The zero-order valence-corrected chi connectivity index (χ0v) is 12.6. The van der Waals surface area contributed by atoms with Crippen LogP contribution in [0.1, 0.15) is 20.3 Å². The average molecular weight is 301 g/mol. The van der Waals surface area contributed by atoms with Gasteiger partial charge >= 0.3 is 12.0 Å². The molecule has 120 valence electrons. The summed E-state index contributed by atoms with van der Waals surface area (Å²) < 4.78 is 5.18. The predicted molar refractivity (Wildman–Crippen MR) is 74.8 cm³/mol. The fourth-order valence-electron chi connectivity index (χ4n) is 2.10. The van der Waals surface area contributed by atoms with Crippen molar-refractivity contribution in [2.45, 2.75) is 26.3 Å². The Kier molecular flexibility index (Phi) is 5.95. The maximum absolute atomic E-state index is 12.2. The van der Waals surface area contributed by atoms with E-state index in [1.165, 1.54) is 18.9 Å².